The van der Waals surface area contributed by atoms with Gasteiger partial charge in [-0.2, -0.15) is 0 Å². The van der Waals surface area contributed by atoms with E-state index in [0.717, 1.165) is 19.5 Å². The van der Waals surface area contributed by atoms with Gasteiger partial charge in [-0.05, 0) is 23.1 Å². The first-order chi connectivity index (χ1) is 6.63. The first-order valence-electron chi connectivity index (χ1n) is 5.46. The quantitative estimate of drug-likeness (QED) is 0.716. The second kappa shape index (κ2) is 3.39. The SMILES string of the molecule is CCc1ccc2c(c1)CNCC2(C)C. The van der Waals surface area contributed by atoms with Gasteiger partial charge in [0.2, 0.25) is 0 Å². The van der Waals surface area contributed by atoms with Crippen LogP contribution in [0.3, 0.4) is 0 Å². The number of rotatable bonds is 1. The number of aryl methyl sites for hydroxylation is 1. The highest BCUT2D eigenvalue weighted by Crippen LogP contribution is 2.29. The molecule has 1 heterocycles. The van der Waals surface area contributed by atoms with Crippen molar-refractivity contribution in [2.75, 3.05) is 6.54 Å². The van der Waals surface area contributed by atoms with Crippen molar-refractivity contribution in [2.24, 2.45) is 0 Å². The Morgan fingerprint density at radius 3 is 2.86 bits per heavy atom. The molecule has 0 atom stereocenters. The van der Waals surface area contributed by atoms with E-state index >= 15 is 0 Å². The molecule has 0 amide bonds. The van der Waals surface area contributed by atoms with E-state index in [1.54, 1.807) is 0 Å². The molecular formula is C13H19N. The molecule has 0 saturated heterocycles. The van der Waals surface area contributed by atoms with Crippen LogP contribution < -0.4 is 5.32 Å². The van der Waals surface area contributed by atoms with E-state index < -0.39 is 0 Å². The van der Waals surface area contributed by atoms with Crippen LogP contribution in [0.15, 0.2) is 18.2 Å². The summed E-state index contributed by atoms with van der Waals surface area (Å²) in [5.41, 5.74) is 4.75. The number of benzene rings is 1. The van der Waals surface area contributed by atoms with Crippen molar-refractivity contribution in [3.8, 4) is 0 Å². The van der Waals surface area contributed by atoms with E-state index in [0.29, 0.717) is 5.41 Å². The fraction of sp³-hybridized carbons (Fsp3) is 0.538. The molecule has 0 aliphatic carbocycles. The van der Waals surface area contributed by atoms with Gasteiger partial charge < -0.3 is 5.32 Å². The van der Waals surface area contributed by atoms with Gasteiger partial charge in [-0.25, -0.2) is 0 Å². The molecule has 1 aromatic rings. The van der Waals surface area contributed by atoms with Gasteiger partial charge in [-0.3, -0.25) is 0 Å². The van der Waals surface area contributed by atoms with Crippen molar-refractivity contribution in [3.05, 3.63) is 34.9 Å². The predicted molar refractivity (Wildman–Crippen MR) is 60.6 cm³/mol. The summed E-state index contributed by atoms with van der Waals surface area (Å²) in [5, 5.41) is 3.48. The third kappa shape index (κ3) is 1.57. The Kier molecular flexibility index (Phi) is 2.36. The zero-order valence-electron chi connectivity index (χ0n) is 9.35. The van der Waals surface area contributed by atoms with Crippen molar-refractivity contribution in [1.82, 2.24) is 5.32 Å². The number of fused-ring (bicyclic) bond motifs is 1. The summed E-state index contributed by atoms with van der Waals surface area (Å²) in [6.07, 6.45) is 1.13. The van der Waals surface area contributed by atoms with Gasteiger partial charge in [-0.1, -0.05) is 39.0 Å². The normalized spacial score (nSPS) is 19.1. The van der Waals surface area contributed by atoms with Gasteiger partial charge in [0.1, 0.15) is 0 Å². The number of hydrogen-bond acceptors (Lipinski definition) is 1. The Bertz CT molecular complexity index is 339. The Hall–Kier alpha value is -0.820. The van der Waals surface area contributed by atoms with Crippen molar-refractivity contribution in [2.45, 2.75) is 39.2 Å². The van der Waals surface area contributed by atoms with Crippen LogP contribution in [0, 0.1) is 0 Å². The summed E-state index contributed by atoms with van der Waals surface area (Å²) in [6, 6.07) is 6.93. The maximum Gasteiger partial charge on any atom is 0.0208 e. The van der Waals surface area contributed by atoms with Gasteiger partial charge in [0.15, 0.2) is 0 Å². The molecular weight excluding hydrogens is 170 g/mol. The topological polar surface area (TPSA) is 12.0 Å². The molecule has 1 N–H and O–H groups in total. The summed E-state index contributed by atoms with van der Waals surface area (Å²) >= 11 is 0. The van der Waals surface area contributed by atoms with Crippen molar-refractivity contribution in [3.63, 3.8) is 0 Å². The molecule has 2 rings (SSSR count). The van der Waals surface area contributed by atoms with E-state index in [4.69, 9.17) is 0 Å². The van der Waals surface area contributed by atoms with E-state index in [1.165, 1.54) is 16.7 Å². The largest absolute Gasteiger partial charge is 0.312 e. The fourth-order valence-electron chi connectivity index (χ4n) is 2.28. The zero-order chi connectivity index (χ0) is 10.2. The summed E-state index contributed by atoms with van der Waals surface area (Å²) in [7, 11) is 0. The predicted octanol–water partition coefficient (Wildman–Crippen LogP) is 2.63. The average Bonchev–Trinajstić information content (AvgIpc) is 2.16. The summed E-state index contributed by atoms with van der Waals surface area (Å²) < 4.78 is 0. The molecule has 0 bridgehead atoms. The average molecular weight is 189 g/mol. The number of hydrogen-bond donors (Lipinski definition) is 1. The van der Waals surface area contributed by atoms with Crippen LogP contribution in [-0.4, -0.2) is 6.54 Å². The second-order valence-electron chi connectivity index (χ2n) is 4.83. The zero-order valence-corrected chi connectivity index (χ0v) is 9.35. The molecule has 0 saturated carbocycles. The minimum atomic E-state index is 0.292. The van der Waals surface area contributed by atoms with Crippen LogP contribution in [-0.2, 0) is 18.4 Å². The Morgan fingerprint density at radius 1 is 1.36 bits per heavy atom. The third-order valence-electron chi connectivity index (χ3n) is 3.19. The molecule has 0 fully saturated rings. The molecule has 1 aliphatic rings. The van der Waals surface area contributed by atoms with Gasteiger partial charge in [-0.15, -0.1) is 0 Å². The van der Waals surface area contributed by atoms with Crippen LogP contribution in [0.5, 0.6) is 0 Å². The van der Waals surface area contributed by atoms with Gasteiger partial charge in [0.25, 0.3) is 0 Å². The van der Waals surface area contributed by atoms with E-state index in [9.17, 15) is 0 Å². The number of nitrogens with one attached hydrogen (secondary N) is 1. The summed E-state index contributed by atoms with van der Waals surface area (Å²) in [6.45, 7) is 8.95. The Morgan fingerprint density at radius 2 is 2.14 bits per heavy atom. The molecule has 0 unspecified atom stereocenters. The van der Waals surface area contributed by atoms with E-state index in [1.807, 2.05) is 0 Å². The summed E-state index contributed by atoms with van der Waals surface area (Å²) in [5.74, 6) is 0. The highest BCUT2D eigenvalue weighted by molar-refractivity contribution is 5.38. The smallest absolute Gasteiger partial charge is 0.0208 e. The minimum Gasteiger partial charge on any atom is -0.312 e. The van der Waals surface area contributed by atoms with Gasteiger partial charge >= 0.3 is 0 Å². The van der Waals surface area contributed by atoms with Crippen LogP contribution >= 0.6 is 0 Å². The fourth-order valence-corrected chi connectivity index (χ4v) is 2.28. The molecule has 0 spiro atoms. The van der Waals surface area contributed by atoms with Crippen LogP contribution in [0.25, 0.3) is 0 Å². The lowest BCUT2D eigenvalue weighted by Gasteiger charge is -2.33. The molecule has 0 radical (unpaired) electrons. The van der Waals surface area contributed by atoms with E-state index in [2.05, 4.69) is 44.3 Å². The standard InChI is InChI=1S/C13H19N/c1-4-10-5-6-12-11(7-10)8-14-9-13(12,2)3/h5-7,14H,4,8-9H2,1-3H3. The molecule has 14 heavy (non-hydrogen) atoms. The molecule has 0 aromatic heterocycles. The second-order valence-corrected chi connectivity index (χ2v) is 4.83. The molecule has 1 aliphatic heterocycles. The maximum atomic E-state index is 3.48. The first-order valence-corrected chi connectivity index (χ1v) is 5.46. The van der Waals surface area contributed by atoms with Crippen molar-refractivity contribution >= 4 is 0 Å². The maximum absolute atomic E-state index is 3.48. The lowest BCUT2D eigenvalue weighted by Crippen LogP contribution is -2.38. The van der Waals surface area contributed by atoms with Crippen LogP contribution in [0.2, 0.25) is 0 Å². The first kappa shape index (κ1) is 9.72. The molecule has 1 heteroatoms. The monoisotopic (exact) mass is 189 g/mol. The Labute approximate surface area is 86.5 Å². The molecule has 76 valence electrons. The highest BCUT2D eigenvalue weighted by Gasteiger charge is 2.26. The third-order valence-corrected chi connectivity index (χ3v) is 3.19. The van der Waals surface area contributed by atoms with Gasteiger partial charge in [0, 0.05) is 18.5 Å². The van der Waals surface area contributed by atoms with Crippen LogP contribution in [0.4, 0.5) is 0 Å². The minimum absolute atomic E-state index is 0.292. The van der Waals surface area contributed by atoms with Crippen LogP contribution in [0.1, 0.15) is 37.5 Å². The molecule has 1 nitrogen and oxygen atoms in total. The molecule has 1 aromatic carbocycles. The lowest BCUT2D eigenvalue weighted by atomic mass is 9.78. The van der Waals surface area contributed by atoms with Crippen molar-refractivity contribution in [1.29, 1.82) is 0 Å². The highest BCUT2D eigenvalue weighted by atomic mass is 14.9. The van der Waals surface area contributed by atoms with E-state index in [-0.39, 0.29) is 0 Å². The summed E-state index contributed by atoms with van der Waals surface area (Å²) in [4.78, 5) is 0. The van der Waals surface area contributed by atoms with Crippen molar-refractivity contribution < 1.29 is 0 Å². The Balaban J connectivity index is 2.46. The van der Waals surface area contributed by atoms with Gasteiger partial charge in [0.05, 0.1) is 0 Å². The lowest BCUT2D eigenvalue weighted by molar-refractivity contribution is 0.434.